The Hall–Kier alpha value is -1.64. The van der Waals surface area contributed by atoms with Crippen LogP contribution in [0.5, 0.6) is 0 Å². The molecule has 2 rings (SSSR count). The SMILES string of the molecule is CC(C)OCCCNS(=O)(=O)c1ccc(NC2CCCC2)c(C(=O)O)c1. The normalized spacial score (nSPS) is 15.5. The predicted molar refractivity (Wildman–Crippen MR) is 100 cm³/mol. The molecule has 3 N–H and O–H groups in total. The number of benzene rings is 1. The Morgan fingerprint density at radius 1 is 1.31 bits per heavy atom. The fourth-order valence-electron chi connectivity index (χ4n) is 2.96. The first-order valence-corrected chi connectivity index (χ1v) is 10.5. The van der Waals surface area contributed by atoms with Gasteiger partial charge in [-0.3, -0.25) is 0 Å². The van der Waals surface area contributed by atoms with Crippen LogP contribution < -0.4 is 10.0 Å². The summed E-state index contributed by atoms with van der Waals surface area (Å²) >= 11 is 0. The van der Waals surface area contributed by atoms with E-state index < -0.39 is 16.0 Å². The van der Waals surface area contributed by atoms with E-state index in [1.807, 2.05) is 13.8 Å². The number of aromatic carboxylic acids is 1. The Morgan fingerprint density at radius 2 is 2.00 bits per heavy atom. The highest BCUT2D eigenvalue weighted by atomic mass is 32.2. The maximum atomic E-state index is 12.4. The Bertz CT molecular complexity index is 712. The van der Waals surface area contributed by atoms with E-state index in [4.69, 9.17) is 4.74 Å². The summed E-state index contributed by atoms with van der Waals surface area (Å²) in [6, 6.07) is 4.44. The summed E-state index contributed by atoms with van der Waals surface area (Å²) in [4.78, 5) is 11.5. The molecular formula is C18H28N2O5S. The van der Waals surface area contributed by atoms with Crippen LogP contribution >= 0.6 is 0 Å². The third-order valence-corrected chi connectivity index (χ3v) is 5.77. The fourth-order valence-corrected chi connectivity index (χ4v) is 4.06. The average molecular weight is 384 g/mol. The Balaban J connectivity index is 2.05. The minimum Gasteiger partial charge on any atom is -0.478 e. The lowest BCUT2D eigenvalue weighted by Gasteiger charge is -2.16. The molecular weight excluding hydrogens is 356 g/mol. The van der Waals surface area contributed by atoms with Crippen LogP contribution in [0.1, 0.15) is 56.3 Å². The van der Waals surface area contributed by atoms with Crippen molar-refractivity contribution < 1.29 is 23.1 Å². The van der Waals surface area contributed by atoms with Gasteiger partial charge in [-0.1, -0.05) is 12.8 Å². The molecule has 0 amide bonds. The van der Waals surface area contributed by atoms with Crippen molar-refractivity contribution in [1.82, 2.24) is 4.72 Å². The maximum Gasteiger partial charge on any atom is 0.337 e. The predicted octanol–water partition coefficient (Wildman–Crippen LogP) is 2.83. The molecule has 1 saturated carbocycles. The molecule has 0 spiro atoms. The minimum atomic E-state index is -3.76. The van der Waals surface area contributed by atoms with Crippen molar-refractivity contribution in [3.8, 4) is 0 Å². The molecule has 1 aliphatic carbocycles. The number of hydrogen-bond donors (Lipinski definition) is 3. The molecule has 0 radical (unpaired) electrons. The summed E-state index contributed by atoms with van der Waals surface area (Å²) in [7, 11) is -3.76. The highest BCUT2D eigenvalue weighted by molar-refractivity contribution is 7.89. The van der Waals surface area contributed by atoms with Gasteiger partial charge >= 0.3 is 5.97 Å². The molecule has 0 bridgehead atoms. The highest BCUT2D eigenvalue weighted by Gasteiger charge is 2.21. The van der Waals surface area contributed by atoms with Crippen molar-refractivity contribution in [2.75, 3.05) is 18.5 Å². The molecule has 0 heterocycles. The Morgan fingerprint density at radius 3 is 2.62 bits per heavy atom. The highest BCUT2D eigenvalue weighted by Crippen LogP contribution is 2.26. The molecule has 146 valence electrons. The third-order valence-electron chi connectivity index (χ3n) is 4.31. The number of sulfonamides is 1. The van der Waals surface area contributed by atoms with Gasteiger partial charge in [0.25, 0.3) is 0 Å². The number of ether oxygens (including phenoxy) is 1. The van der Waals surface area contributed by atoms with Gasteiger partial charge in [0.2, 0.25) is 10.0 Å². The lowest BCUT2D eigenvalue weighted by atomic mass is 10.1. The monoisotopic (exact) mass is 384 g/mol. The molecule has 1 fully saturated rings. The van der Waals surface area contributed by atoms with Gasteiger partial charge in [-0.25, -0.2) is 17.9 Å². The Kier molecular flexibility index (Phi) is 7.43. The lowest BCUT2D eigenvalue weighted by Crippen LogP contribution is -2.26. The second-order valence-electron chi connectivity index (χ2n) is 6.81. The van der Waals surface area contributed by atoms with Crippen molar-refractivity contribution in [1.29, 1.82) is 0 Å². The van der Waals surface area contributed by atoms with E-state index in [1.54, 1.807) is 0 Å². The van der Waals surface area contributed by atoms with Gasteiger partial charge in [-0.15, -0.1) is 0 Å². The summed E-state index contributed by atoms with van der Waals surface area (Å²) in [5.41, 5.74) is 0.441. The first-order valence-electron chi connectivity index (χ1n) is 9.05. The molecule has 0 aliphatic heterocycles. The largest absolute Gasteiger partial charge is 0.478 e. The summed E-state index contributed by atoms with van der Waals surface area (Å²) < 4.78 is 32.6. The van der Waals surface area contributed by atoms with E-state index in [0.717, 1.165) is 25.7 Å². The number of rotatable bonds is 10. The zero-order chi connectivity index (χ0) is 19.2. The van der Waals surface area contributed by atoms with Crippen LogP contribution in [0.15, 0.2) is 23.1 Å². The summed E-state index contributed by atoms with van der Waals surface area (Å²) in [5, 5.41) is 12.7. The second-order valence-corrected chi connectivity index (χ2v) is 8.58. The number of carboxylic acid groups (broad SMARTS) is 1. The maximum absolute atomic E-state index is 12.4. The van der Waals surface area contributed by atoms with Gasteiger partial charge in [-0.2, -0.15) is 0 Å². The number of nitrogens with one attached hydrogen (secondary N) is 2. The number of carbonyl (C=O) groups is 1. The Labute approximate surface area is 155 Å². The molecule has 0 aromatic heterocycles. The van der Waals surface area contributed by atoms with E-state index in [9.17, 15) is 18.3 Å². The fraction of sp³-hybridized carbons (Fsp3) is 0.611. The number of anilines is 1. The van der Waals surface area contributed by atoms with Crippen molar-refractivity contribution in [2.24, 2.45) is 0 Å². The molecule has 1 aromatic rings. The van der Waals surface area contributed by atoms with Gasteiger partial charge in [0.15, 0.2) is 0 Å². The quantitative estimate of drug-likeness (QED) is 0.536. The zero-order valence-electron chi connectivity index (χ0n) is 15.3. The number of hydrogen-bond acceptors (Lipinski definition) is 5. The molecule has 26 heavy (non-hydrogen) atoms. The van der Waals surface area contributed by atoms with E-state index in [0.29, 0.717) is 18.7 Å². The molecule has 0 unspecified atom stereocenters. The van der Waals surface area contributed by atoms with Crippen molar-refractivity contribution in [3.05, 3.63) is 23.8 Å². The van der Waals surface area contributed by atoms with Crippen LogP contribution in [-0.4, -0.2) is 44.8 Å². The summed E-state index contributed by atoms with van der Waals surface area (Å²) in [6.07, 6.45) is 4.89. The van der Waals surface area contributed by atoms with Crippen molar-refractivity contribution >= 4 is 21.7 Å². The summed E-state index contributed by atoms with van der Waals surface area (Å²) in [6.45, 7) is 4.53. The van der Waals surface area contributed by atoms with Crippen LogP contribution in [0.2, 0.25) is 0 Å². The standard InChI is InChI=1S/C18H28N2O5S/c1-13(2)25-11-5-10-19-26(23,24)15-8-9-17(16(12-15)18(21)22)20-14-6-3-4-7-14/h8-9,12-14,19-20H,3-7,10-11H2,1-2H3,(H,21,22). The van der Waals surface area contributed by atoms with E-state index >= 15 is 0 Å². The molecule has 0 atom stereocenters. The van der Waals surface area contributed by atoms with Crippen LogP contribution in [0.4, 0.5) is 5.69 Å². The second kappa shape index (κ2) is 9.34. The molecule has 1 aromatic carbocycles. The smallest absolute Gasteiger partial charge is 0.337 e. The van der Waals surface area contributed by atoms with Crippen LogP contribution in [0.25, 0.3) is 0 Å². The van der Waals surface area contributed by atoms with Crippen LogP contribution in [0, 0.1) is 0 Å². The van der Waals surface area contributed by atoms with Crippen LogP contribution in [0.3, 0.4) is 0 Å². The van der Waals surface area contributed by atoms with Crippen molar-refractivity contribution in [3.63, 3.8) is 0 Å². The minimum absolute atomic E-state index is 0.0251. The van der Waals surface area contributed by atoms with Gasteiger partial charge in [0.05, 0.1) is 16.6 Å². The van der Waals surface area contributed by atoms with Gasteiger partial charge < -0.3 is 15.2 Å². The summed E-state index contributed by atoms with van der Waals surface area (Å²) in [5.74, 6) is -1.15. The first kappa shape index (κ1) is 20.7. The molecule has 0 saturated heterocycles. The third kappa shape index (κ3) is 5.96. The first-order chi connectivity index (χ1) is 12.3. The van der Waals surface area contributed by atoms with E-state index in [2.05, 4.69) is 10.0 Å². The van der Waals surface area contributed by atoms with E-state index in [1.165, 1.54) is 18.2 Å². The topological polar surface area (TPSA) is 105 Å². The zero-order valence-corrected chi connectivity index (χ0v) is 16.1. The van der Waals surface area contributed by atoms with Crippen molar-refractivity contribution in [2.45, 2.75) is 63.0 Å². The molecule has 7 nitrogen and oxygen atoms in total. The number of carboxylic acids is 1. The molecule has 8 heteroatoms. The lowest BCUT2D eigenvalue weighted by molar-refractivity contribution is 0.0697. The van der Waals surface area contributed by atoms with Crippen LogP contribution in [-0.2, 0) is 14.8 Å². The average Bonchev–Trinajstić information content (AvgIpc) is 3.07. The molecule has 1 aliphatic rings. The van der Waals surface area contributed by atoms with Gasteiger partial charge in [0, 0.05) is 24.9 Å². The van der Waals surface area contributed by atoms with Gasteiger partial charge in [-0.05, 0) is 51.3 Å². The van der Waals surface area contributed by atoms with Gasteiger partial charge in [0.1, 0.15) is 0 Å². The van der Waals surface area contributed by atoms with E-state index in [-0.39, 0.29) is 29.1 Å².